The van der Waals surface area contributed by atoms with E-state index in [2.05, 4.69) is 25.8 Å². The molecule has 1 fully saturated rings. The van der Waals surface area contributed by atoms with E-state index in [1.165, 1.54) is 22.8 Å². The number of tetrazole rings is 1. The standard InChI is InChI=1S/C32H38N8O9/c1-7-18(2)27(35-29(43)49-32(4,5)6)28(42)46-17-47-30(44)38(19(3)41)15-25-24-13-22-12-20(8-10-23(22)40(24)31(45)48-25)21-9-11-26(33-14-21)39-16-34-36-37-39/h8-12,14,16,18,24-25,27H,7,13,15,17H2,1-6H3,(H,35,43)/t18?,24-,25-,27?/m0/s1. The number of cyclic esters (lactones) is 1. The van der Waals surface area contributed by atoms with Crippen molar-refractivity contribution in [3.8, 4) is 16.9 Å². The second-order valence-electron chi connectivity index (χ2n) is 12.7. The third-order valence-electron chi connectivity index (χ3n) is 8.13. The fourth-order valence-electron chi connectivity index (χ4n) is 5.49. The first kappa shape index (κ1) is 34.7. The Bertz CT molecular complexity index is 1710. The second kappa shape index (κ2) is 14.2. The molecule has 0 saturated carbocycles. The summed E-state index contributed by atoms with van der Waals surface area (Å²) in [6.45, 7) is 8.71. The summed E-state index contributed by atoms with van der Waals surface area (Å²) in [4.78, 5) is 70.3. The largest absolute Gasteiger partial charge is 0.444 e. The van der Waals surface area contributed by atoms with Gasteiger partial charge in [-0.1, -0.05) is 26.3 Å². The summed E-state index contributed by atoms with van der Waals surface area (Å²) in [5.74, 6) is -1.27. The molecule has 4 heterocycles. The van der Waals surface area contributed by atoms with Crippen LogP contribution in [0.3, 0.4) is 0 Å². The van der Waals surface area contributed by atoms with Crippen molar-refractivity contribution < 1.29 is 42.9 Å². The van der Waals surface area contributed by atoms with Gasteiger partial charge in [0.25, 0.3) is 0 Å². The number of amides is 4. The molecule has 3 aromatic rings. The first-order valence-electron chi connectivity index (χ1n) is 15.7. The second-order valence-corrected chi connectivity index (χ2v) is 12.7. The molecule has 2 unspecified atom stereocenters. The molecule has 5 rings (SSSR count). The Kier molecular flexibility index (Phi) is 10.1. The Hall–Kier alpha value is -5.61. The predicted molar refractivity (Wildman–Crippen MR) is 170 cm³/mol. The highest BCUT2D eigenvalue weighted by Crippen LogP contribution is 2.40. The van der Waals surface area contributed by atoms with Gasteiger partial charge in [-0.25, -0.2) is 29.1 Å². The van der Waals surface area contributed by atoms with Gasteiger partial charge in [0.1, 0.15) is 24.1 Å². The average Bonchev–Trinajstić information content (AvgIpc) is 3.78. The van der Waals surface area contributed by atoms with Crippen molar-refractivity contribution in [2.45, 2.75) is 78.2 Å². The highest BCUT2D eigenvalue weighted by molar-refractivity contribution is 5.95. The molecule has 0 radical (unpaired) electrons. The number of esters is 1. The van der Waals surface area contributed by atoms with Gasteiger partial charge < -0.3 is 24.3 Å². The molecule has 17 heteroatoms. The molecular weight excluding hydrogens is 640 g/mol. The van der Waals surface area contributed by atoms with E-state index in [0.717, 1.165) is 21.6 Å². The molecule has 49 heavy (non-hydrogen) atoms. The third-order valence-corrected chi connectivity index (χ3v) is 8.13. The van der Waals surface area contributed by atoms with Crippen LogP contribution in [0.1, 0.15) is 53.5 Å². The van der Waals surface area contributed by atoms with Gasteiger partial charge in [-0.3, -0.25) is 9.69 Å². The molecule has 2 aliphatic rings. The summed E-state index contributed by atoms with van der Waals surface area (Å²) in [5.41, 5.74) is 2.49. The zero-order chi connectivity index (χ0) is 35.5. The molecule has 0 spiro atoms. The lowest BCUT2D eigenvalue weighted by Crippen LogP contribution is -2.48. The molecule has 260 valence electrons. The van der Waals surface area contributed by atoms with E-state index in [4.69, 9.17) is 18.9 Å². The van der Waals surface area contributed by atoms with Crippen LogP contribution in [0.15, 0.2) is 42.9 Å². The highest BCUT2D eigenvalue weighted by atomic mass is 16.7. The Morgan fingerprint density at radius 1 is 1.12 bits per heavy atom. The maximum absolute atomic E-state index is 13.0. The monoisotopic (exact) mass is 678 g/mol. The number of fused-ring (bicyclic) bond motifs is 3. The molecule has 17 nitrogen and oxygen atoms in total. The van der Waals surface area contributed by atoms with Crippen LogP contribution in [0.5, 0.6) is 0 Å². The quantitative estimate of drug-likeness (QED) is 0.186. The first-order chi connectivity index (χ1) is 23.3. The van der Waals surface area contributed by atoms with E-state index in [-0.39, 0.29) is 12.5 Å². The summed E-state index contributed by atoms with van der Waals surface area (Å²) in [5, 5.41) is 13.6. The summed E-state index contributed by atoms with van der Waals surface area (Å²) >= 11 is 0. The van der Waals surface area contributed by atoms with Crippen LogP contribution in [0.4, 0.5) is 20.1 Å². The van der Waals surface area contributed by atoms with Crippen molar-refractivity contribution in [3.63, 3.8) is 0 Å². The Morgan fingerprint density at radius 2 is 1.88 bits per heavy atom. The summed E-state index contributed by atoms with van der Waals surface area (Å²) < 4.78 is 22.5. The minimum absolute atomic E-state index is 0.284. The lowest BCUT2D eigenvalue weighted by Gasteiger charge is -2.26. The predicted octanol–water partition coefficient (Wildman–Crippen LogP) is 3.40. The van der Waals surface area contributed by atoms with E-state index in [1.807, 2.05) is 31.2 Å². The highest BCUT2D eigenvalue weighted by Gasteiger charge is 2.49. The number of pyridine rings is 1. The maximum atomic E-state index is 13.0. The van der Waals surface area contributed by atoms with Crippen molar-refractivity contribution in [1.82, 2.24) is 35.4 Å². The van der Waals surface area contributed by atoms with Gasteiger partial charge in [0.15, 0.2) is 5.82 Å². The van der Waals surface area contributed by atoms with Crippen LogP contribution in [0.25, 0.3) is 16.9 Å². The first-order valence-corrected chi connectivity index (χ1v) is 15.7. The van der Waals surface area contributed by atoms with Crippen LogP contribution in [-0.2, 0) is 35.0 Å². The van der Waals surface area contributed by atoms with Crippen LogP contribution < -0.4 is 10.2 Å². The molecule has 4 atom stereocenters. The number of hydrogen-bond acceptors (Lipinski definition) is 13. The Labute approximate surface area is 281 Å². The number of alkyl carbamates (subject to hydrolysis) is 1. The number of anilines is 1. The minimum Gasteiger partial charge on any atom is -0.444 e. The molecule has 1 N–H and O–H groups in total. The normalized spacial score (nSPS) is 17.7. The summed E-state index contributed by atoms with van der Waals surface area (Å²) in [6.07, 6.45) is 0.737. The number of ether oxygens (including phenoxy) is 4. The smallest absolute Gasteiger partial charge is 0.419 e. The molecule has 2 aromatic heterocycles. The minimum atomic E-state index is -1.09. The average molecular weight is 679 g/mol. The number of carbonyl (C=O) groups is 5. The fourth-order valence-corrected chi connectivity index (χ4v) is 5.49. The molecule has 2 aliphatic heterocycles. The number of aromatic nitrogens is 5. The van der Waals surface area contributed by atoms with Gasteiger partial charge in [0, 0.05) is 18.7 Å². The van der Waals surface area contributed by atoms with Crippen molar-refractivity contribution in [2.75, 3.05) is 18.2 Å². The number of imide groups is 1. The van der Waals surface area contributed by atoms with Gasteiger partial charge >= 0.3 is 24.2 Å². The number of nitrogens with zero attached hydrogens (tertiary/aromatic N) is 7. The number of carbonyl (C=O) groups excluding carboxylic acids is 5. The van der Waals surface area contributed by atoms with Gasteiger partial charge in [0.2, 0.25) is 12.7 Å². The lowest BCUT2D eigenvalue weighted by atomic mass is 9.99. The van der Waals surface area contributed by atoms with E-state index < -0.39 is 60.7 Å². The summed E-state index contributed by atoms with van der Waals surface area (Å²) in [7, 11) is 0. The van der Waals surface area contributed by atoms with Crippen LogP contribution in [-0.4, -0.2) is 97.4 Å². The van der Waals surface area contributed by atoms with E-state index >= 15 is 0 Å². The van der Waals surface area contributed by atoms with Crippen molar-refractivity contribution >= 4 is 35.8 Å². The number of hydrogen-bond donors (Lipinski definition) is 1. The van der Waals surface area contributed by atoms with Gasteiger partial charge in [-0.05, 0) is 78.9 Å². The lowest BCUT2D eigenvalue weighted by molar-refractivity contribution is -0.156. The van der Waals surface area contributed by atoms with Crippen molar-refractivity contribution in [1.29, 1.82) is 0 Å². The van der Waals surface area contributed by atoms with E-state index in [9.17, 15) is 24.0 Å². The summed E-state index contributed by atoms with van der Waals surface area (Å²) in [6, 6.07) is 7.76. The van der Waals surface area contributed by atoms with Crippen LogP contribution in [0, 0.1) is 5.92 Å². The van der Waals surface area contributed by atoms with Gasteiger partial charge in [0.05, 0.1) is 18.3 Å². The van der Waals surface area contributed by atoms with Gasteiger partial charge in [-0.2, -0.15) is 4.68 Å². The van der Waals surface area contributed by atoms with Crippen molar-refractivity contribution in [3.05, 3.63) is 48.4 Å². The maximum Gasteiger partial charge on any atom is 0.419 e. The van der Waals surface area contributed by atoms with Crippen molar-refractivity contribution in [2.24, 2.45) is 5.92 Å². The number of nitrogens with one attached hydrogen (secondary N) is 1. The van der Waals surface area contributed by atoms with E-state index in [0.29, 0.717) is 24.3 Å². The number of benzene rings is 1. The molecule has 1 saturated heterocycles. The molecule has 4 amide bonds. The molecule has 0 aliphatic carbocycles. The van der Waals surface area contributed by atoms with E-state index in [1.54, 1.807) is 40.0 Å². The zero-order valence-corrected chi connectivity index (χ0v) is 28.0. The number of rotatable bonds is 10. The zero-order valence-electron chi connectivity index (χ0n) is 28.0. The fraction of sp³-hybridized carbons (Fsp3) is 0.469. The third kappa shape index (κ3) is 7.93. The van der Waals surface area contributed by atoms with Crippen LogP contribution >= 0.6 is 0 Å². The Balaban J connectivity index is 1.19. The van der Waals surface area contributed by atoms with Gasteiger partial charge in [-0.15, -0.1) is 5.10 Å². The molecular formula is C32H38N8O9. The topological polar surface area (TPSA) is 197 Å². The molecule has 1 aromatic carbocycles. The Morgan fingerprint density at radius 3 is 2.51 bits per heavy atom. The van der Waals surface area contributed by atoms with Crippen LogP contribution in [0.2, 0.25) is 0 Å². The SMILES string of the molecule is CCC(C)C(NC(=O)OC(C)(C)C)C(=O)OCOC(=O)N(C[C@@H]1OC(=O)N2c3ccc(-c4ccc(-n5cnnn5)nc4)cc3C[C@@H]12)C(C)=O. The molecule has 0 bridgehead atoms.